The van der Waals surface area contributed by atoms with Crippen LogP contribution in [0.3, 0.4) is 0 Å². The first-order valence-corrected chi connectivity index (χ1v) is 15.3. The molecule has 2 atom stereocenters. The summed E-state index contributed by atoms with van der Waals surface area (Å²) in [6.07, 6.45) is 1.60. The molecule has 0 spiro atoms. The van der Waals surface area contributed by atoms with Gasteiger partial charge in [-0.1, -0.05) is 72.8 Å². The molecule has 10 heteroatoms. The van der Waals surface area contributed by atoms with Gasteiger partial charge in [0, 0.05) is 11.1 Å². The molecule has 4 rings (SSSR count). The maximum atomic E-state index is 14.2. The number of hydrogen-bond donors (Lipinski definition) is 2. The molecule has 0 aliphatic heterocycles. The number of nitrogens with two attached hydrogens (primary N) is 1. The van der Waals surface area contributed by atoms with E-state index in [0.717, 1.165) is 5.56 Å². The smallest absolute Gasteiger partial charge is 0.343 e. The summed E-state index contributed by atoms with van der Waals surface area (Å²) in [5.74, 6) is -2.36. The van der Waals surface area contributed by atoms with Crippen LogP contribution < -0.4 is 10.5 Å². The highest BCUT2D eigenvalue weighted by molar-refractivity contribution is 6.02. The van der Waals surface area contributed by atoms with Crippen LogP contribution in [-0.4, -0.2) is 47.2 Å². The van der Waals surface area contributed by atoms with Crippen LogP contribution in [0.25, 0.3) is 6.08 Å². The normalized spacial score (nSPS) is 12.3. The van der Waals surface area contributed by atoms with Crippen molar-refractivity contribution in [2.75, 3.05) is 6.61 Å². The van der Waals surface area contributed by atoms with Gasteiger partial charge < -0.3 is 24.8 Å². The standard InChI is InChI=1S/C38H37N3O7/c1-4-46-38(45)33(29-13-9-6-10-14-29)41(26(3)36(43)47-24-28-11-7-5-8-12-28)35(42)25(2)23-27-15-17-31(18-16-27)37(44)48-32-21-19-30(20-22-32)34(39)40/h5-23,26,33H,4,24H2,1-3H3,(H3,39,40). The Morgan fingerprint density at radius 2 is 1.38 bits per heavy atom. The molecule has 0 heterocycles. The van der Waals surface area contributed by atoms with Gasteiger partial charge in [0.2, 0.25) is 0 Å². The average molecular weight is 648 g/mol. The molecule has 0 aliphatic carbocycles. The second kappa shape index (κ2) is 16.5. The fourth-order valence-corrected chi connectivity index (χ4v) is 4.85. The van der Waals surface area contributed by atoms with E-state index in [4.69, 9.17) is 25.4 Å². The van der Waals surface area contributed by atoms with Crippen molar-refractivity contribution in [3.63, 3.8) is 0 Å². The summed E-state index contributed by atoms with van der Waals surface area (Å²) in [6, 6.07) is 28.0. The van der Waals surface area contributed by atoms with Crippen molar-refractivity contribution in [3.05, 3.63) is 143 Å². The number of nitrogens with zero attached hydrogens (tertiary/aromatic N) is 1. The van der Waals surface area contributed by atoms with Crippen LogP contribution in [0.15, 0.2) is 115 Å². The number of amidine groups is 1. The van der Waals surface area contributed by atoms with Gasteiger partial charge in [-0.05, 0) is 79.9 Å². The Bertz CT molecular complexity index is 1770. The lowest BCUT2D eigenvalue weighted by atomic mass is 10.0. The summed E-state index contributed by atoms with van der Waals surface area (Å²) in [7, 11) is 0. The molecular weight excluding hydrogens is 610 g/mol. The molecule has 0 fully saturated rings. The number of ether oxygens (including phenoxy) is 3. The summed E-state index contributed by atoms with van der Waals surface area (Å²) in [4.78, 5) is 54.9. The molecule has 0 saturated carbocycles. The number of nitrogen functional groups attached to an aromatic ring is 1. The van der Waals surface area contributed by atoms with Gasteiger partial charge in [0.25, 0.3) is 5.91 Å². The van der Waals surface area contributed by atoms with Gasteiger partial charge in [0.1, 0.15) is 24.2 Å². The molecule has 0 radical (unpaired) electrons. The minimum absolute atomic E-state index is 0.00518. The Labute approximate surface area is 279 Å². The van der Waals surface area contributed by atoms with Crippen LogP contribution in [-0.2, 0) is 30.5 Å². The summed E-state index contributed by atoms with van der Waals surface area (Å²) < 4.78 is 16.4. The highest BCUT2D eigenvalue weighted by atomic mass is 16.5. The van der Waals surface area contributed by atoms with Crippen LogP contribution in [0.1, 0.15) is 59.4 Å². The monoisotopic (exact) mass is 647 g/mol. The molecule has 3 N–H and O–H groups in total. The van der Waals surface area contributed by atoms with Gasteiger partial charge in [0.05, 0.1) is 12.2 Å². The van der Waals surface area contributed by atoms with E-state index in [9.17, 15) is 19.2 Å². The minimum Gasteiger partial charge on any atom is -0.464 e. The molecular formula is C38H37N3O7. The molecule has 0 bridgehead atoms. The number of esters is 3. The first kappa shape index (κ1) is 34.8. The zero-order valence-electron chi connectivity index (χ0n) is 26.9. The van der Waals surface area contributed by atoms with Crippen molar-refractivity contribution in [3.8, 4) is 5.75 Å². The number of carbonyl (C=O) groups excluding carboxylic acids is 4. The maximum Gasteiger partial charge on any atom is 0.343 e. The van der Waals surface area contributed by atoms with Crippen molar-refractivity contribution >= 4 is 35.7 Å². The van der Waals surface area contributed by atoms with Gasteiger partial charge in [-0.2, -0.15) is 0 Å². The van der Waals surface area contributed by atoms with E-state index in [1.54, 1.807) is 98.8 Å². The zero-order valence-corrected chi connectivity index (χ0v) is 26.9. The number of nitrogens with one attached hydrogen (secondary N) is 1. The third kappa shape index (κ3) is 9.03. The molecule has 0 aromatic heterocycles. The summed E-state index contributed by atoms with van der Waals surface area (Å²) in [6.45, 7) is 4.83. The second-order valence-electron chi connectivity index (χ2n) is 10.8. The highest BCUT2D eigenvalue weighted by Gasteiger charge is 2.39. The number of hydrogen-bond acceptors (Lipinski definition) is 8. The van der Waals surface area contributed by atoms with E-state index in [1.807, 2.05) is 30.3 Å². The molecule has 4 aromatic carbocycles. The van der Waals surface area contributed by atoms with Crippen molar-refractivity contribution in [2.45, 2.75) is 39.5 Å². The van der Waals surface area contributed by atoms with E-state index in [-0.39, 0.29) is 30.2 Å². The first-order chi connectivity index (χ1) is 23.1. The number of carbonyl (C=O) groups is 4. The van der Waals surface area contributed by atoms with E-state index in [2.05, 4.69) is 0 Å². The number of rotatable bonds is 13. The van der Waals surface area contributed by atoms with Gasteiger partial charge >= 0.3 is 17.9 Å². The third-order valence-corrected chi connectivity index (χ3v) is 7.36. The third-order valence-electron chi connectivity index (χ3n) is 7.36. The van der Waals surface area contributed by atoms with Crippen LogP contribution in [0.4, 0.5) is 0 Å². The topological polar surface area (TPSA) is 149 Å². The molecule has 246 valence electrons. The summed E-state index contributed by atoms with van der Waals surface area (Å²) >= 11 is 0. The largest absolute Gasteiger partial charge is 0.464 e. The molecule has 4 aromatic rings. The van der Waals surface area contributed by atoms with Gasteiger partial charge in [-0.3, -0.25) is 10.2 Å². The maximum absolute atomic E-state index is 14.2. The second-order valence-corrected chi connectivity index (χ2v) is 10.8. The lowest BCUT2D eigenvalue weighted by Crippen LogP contribution is -2.49. The number of benzene rings is 4. The molecule has 1 amide bonds. The van der Waals surface area contributed by atoms with Gasteiger partial charge in [0.15, 0.2) is 6.04 Å². The van der Waals surface area contributed by atoms with E-state index >= 15 is 0 Å². The van der Waals surface area contributed by atoms with E-state index < -0.39 is 35.9 Å². The Morgan fingerprint density at radius 3 is 1.96 bits per heavy atom. The zero-order chi connectivity index (χ0) is 34.6. The summed E-state index contributed by atoms with van der Waals surface area (Å²) in [5, 5.41) is 7.48. The predicted molar refractivity (Wildman–Crippen MR) is 181 cm³/mol. The molecule has 0 saturated heterocycles. The quantitative estimate of drug-likeness (QED) is 0.0603. The van der Waals surface area contributed by atoms with Gasteiger partial charge in [-0.15, -0.1) is 0 Å². The average Bonchev–Trinajstić information content (AvgIpc) is 3.10. The number of amides is 1. The Kier molecular flexibility index (Phi) is 12.0. The Balaban J connectivity index is 1.59. The summed E-state index contributed by atoms with van der Waals surface area (Å²) in [5.41, 5.74) is 8.31. The van der Waals surface area contributed by atoms with Crippen LogP contribution in [0.5, 0.6) is 5.75 Å². The minimum atomic E-state index is -1.23. The Hall–Kier alpha value is -6.03. The van der Waals surface area contributed by atoms with Crippen molar-refractivity contribution in [1.29, 1.82) is 5.41 Å². The lowest BCUT2D eigenvalue weighted by Gasteiger charge is -2.34. The molecule has 2 unspecified atom stereocenters. The highest BCUT2D eigenvalue weighted by Crippen LogP contribution is 2.28. The SMILES string of the molecule is CCOC(=O)C(c1ccccc1)N(C(=O)C(C)=Cc1ccc(C(=O)Oc2ccc(C(=N)N)cc2)cc1)C(C)C(=O)OCc1ccccc1. The van der Waals surface area contributed by atoms with E-state index in [1.165, 1.54) is 11.8 Å². The fraction of sp³-hybridized carbons (Fsp3) is 0.184. The predicted octanol–water partition coefficient (Wildman–Crippen LogP) is 5.86. The first-order valence-electron chi connectivity index (χ1n) is 15.3. The molecule has 10 nitrogen and oxygen atoms in total. The van der Waals surface area contributed by atoms with Gasteiger partial charge in [-0.25, -0.2) is 14.4 Å². The van der Waals surface area contributed by atoms with Crippen molar-refractivity contribution in [2.24, 2.45) is 5.73 Å². The van der Waals surface area contributed by atoms with Crippen LogP contribution >= 0.6 is 0 Å². The van der Waals surface area contributed by atoms with Crippen molar-refractivity contribution < 1.29 is 33.4 Å². The molecule has 0 aliphatic rings. The van der Waals surface area contributed by atoms with Crippen LogP contribution in [0, 0.1) is 5.41 Å². The Morgan fingerprint density at radius 1 is 0.792 bits per heavy atom. The fourth-order valence-electron chi connectivity index (χ4n) is 4.85. The van der Waals surface area contributed by atoms with E-state index in [0.29, 0.717) is 22.4 Å². The van der Waals surface area contributed by atoms with Crippen LogP contribution in [0.2, 0.25) is 0 Å². The lowest BCUT2D eigenvalue weighted by molar-refractivity contribution is -0.163. The van der Waals surface area contributed by atoms with Crippen molar-refractivity contribution in [1.82, 2.24) is 4.90 Å². The molecule has 48 heavy (non-hydrogen) atoms.